The molecule has 1 aromatic rings. The second-order valence-corrected chi connectivity index (χ2v) is 3.07. The lowest BCUT2D eigenvalue weighted by Gasteiger charge is -2.24. The van der Waals surface area contributed by atoms with Crippen molar-refractivity contribution >= 4 is 11.5 Å². The van der Waals surface area contributed by atoms with Gasteiger partial charge in [0.25, 0.3) is 0 Å². The van der Waals surface area contributed by atoms with Crippen LogP contribution in [0.2, 0.25) is 0 Å². The molecule has 0 fully saturated rings. The number of hydrogen-bond acceptors (Lipinski definition) is 3. The highest BCUT2D eigenvalue weighted by Crippen LogP contribution is 2.22. The summed E-state index contributed by atoms with van der Waals surface area (Å²) in [5, 5.41) is 0. The first-order valence-electron chi connectivity index (χ1n) is 4.45. The normalized spacial score (nSPS) is 11.5. The third-order valence-corrected chi connectivity index (χ3v) is 1.88. The third-order valence-electron chi connectivity index (χ3n) is 1.88. The van der Waals surface area contributed by atoms with E-state index < -0.39 is 12.7 Å². The van der Waals surface area contributed by atoms with E-state index in [2.05, 4.69) is 4.98 Å². The van der Waals surface area contributed by atoms with Crippen LogP contribution in [0.3, 0.4) is 0 Å². The first-order chi connectivity index (χ1) is 6.92. The van der Waals surface area contributed by atoms with E-state index in [9.17, 15) is 13.2 Å². The minimum atomic E-state index is -4.21. The van der Waals surface area contributed by atoms with Crippen LogP contribution in [0.15, 0.2) is 18.3 Å². The van der Waals surface area contributed by atoms with E-state index in [-0.39, 0.29) is 12.4 Å². The molecule has 0 saturated heterocycles. The van der Waals surface area contributed by atoms with Gasteiger partial charge in [-0.2, -0.15) is 13.2 Å². The van der Waals surface area contributed by atoms with Gasteiger partial charge in [-0.1, -0.05) is 0 Å². The highest BCUT2D eigenvalue weighted by atomic mass is 19.4. The molecular weight excluding hydrogens is 207 g/mol. The van der Waals surface area contributed by atoms with Gasteiger partial charge in [-0.05, 0) is 13.0 Å². The molecular formula is C9H12F3N3. The fourth-order valence-corrected chi connectivity index (χ4v) is 1.24. The van der Waals surface area contributed by atoms with E-state index in [0.717, 1.165) is 0 Å². The molecule has 15 heavy (non-hydrogen) atoms. The lowest BCUT2D eigenvalue weighted by atomic mass is 10.3. The summed E-state index contributed by atoms with van der Waals surface area (Å²) in [6.07, 6.45) is -2.82. The predicted octanol–water partition coefficient (Wildman–Crippen LogP) is 2.05. The average molecular weight is 219 g/mol. The Morgan fingerprint density at radius 1 is 1.47 bits per heavy atom. The molecule has 0 bridgehead atoms. The van der Waals surface area contributed by atoms with Gasteiger partial charge in [0.2, 0.25) is 0 Å². The van der Waals surface area contributed by atoms with Gasteiger partial charge in [0, 0.05) is 24.5 Å². The number of nitrogens with zero attached hydrogens (tertiary/aromatic N) is 2. The van der Waals surface area contributed by atoms with Gasteiger partial charge >= 0.3 is 6.18 Å². The molecule has 0 spiro atoms. The molecule has 2 N–H and O–H groups in total. The Kier molecular flexibility index (Phi) is 3.39. The van der Waals surface area contributed by atoms with Crippen molar-refractivity contribution in [1.29, 1.82) is 0 Å². The highest BCUT2D eigenvalue weighted by molar-refractivity contribution is 5.52. The Morgan fingerprint density at radius 3 is 2.60 bits per heavy atom. The van der Waals surface area contributed by atoms with Crippen molar-refractivity contribution in [3.05, 3.63) is 18.3 Å². The number of hydrogen-bond donors (Lipinski definition) is 1. The molecule has 84 valence electrons. The van der Waals surface area contributed by atoms with E-state index in [4.69, 9.17) is 5.73 Å². The molecule has 0 atom stereocenters. The van der Waals surface area contributed by atoms with E-state index in [1.807, 2.05) is 0 Å². The van der Waals surface area contributed by atoms with Crippen LogP contribution < -0.4 is 10.6 Å². The Balaban J connectivity index is 2.83. The molecule has 1 heterocycles. The molecule has 0 aliphatic rings. The van der Waals surface area contributed by atoms with Gasteiger partial charge in [-0.3, -0.25) is 0 Å². The van der Waals surface area contributed by atoms with Gasteiger partial charge in [-0.15, -0.1) is 0 Å². The number of rotatable bonds is 3. The molecule has 0 aliphatic carbocycles. The van der Waals surface area contributed by atoms with E-state index in [1.165, 1.54) is 23.2 Å². The molecule has 0 unspecified atom stereocenters. The molecule has 0 amide bonds. The van der Waals surface area contributed by atoms with E-state index >= 15 is 0 Å². The fourth-order valence-electron chi connectivity index (χ4n) is 1.24. The molecule has 3 nitrogen and oxygen atoms in total. The summed E-state index contributed by atoms with van der Waals surface area (Å²) < 4.78 is 36.6. The van der Waals surface area contributed by atoms with Crippen LogP contribution in [0, 0.1) is 0 Å². The van der Waals surface area contributed by atoms with Gasteiger partial charge in [-0.25, -0.2) is 4.98 Å². The predicted molar refractivity (Wildman–Crippen MR) is 52.6 cm³/mol. The Morgan fingerprint density at radius 2 is 2.13 bits per heavy atom. The van der Waals surface area contributed by atoms with Crippen molar-refractivity contribution in [2.24, 2.45) is 0 Å². The summed E-state index contributed by atoms with van der Waals surface area (Å²) >= 11 is 0. The van der Waals surface area contributed by atoms with Crippen LogP contribution in [0.1, 0.15) is 6.92 Å². The van der Waals surface area contributed by atoms with Crippen molar-refractivity contribution in [2.75, 3.05) is 23.7 Å². The number of aromatic nitrogens is 1. The average Bonchev–Trinajstić information content (AvgIpc) is 2.13. The molecule has 6 heteroatoms. The maximum Gasteiger partial charge on any atom is 0.405 e. The van der Waals surface area contributed by atoms with Crippen LogP contribution in [-0.2, 0) is 0 Å². The molecule has 0 aromatic carbocycles. The summed E-state index contributed by atoms with van der Waals surface area (Å²) in [5.74, 6) is 0.216. The second kappa shape index (κ2) is 4.37. The summed E-state index contributed by atoms with van der Waals surface area (Å²) in [6, 6.07) is 2.93. The molecule has 1 rings (SSSR count). The van der Waals surface area contributed by atoms with Crippen LogP contribution in [0.25, 0.3) is 0 Å². The SMILES string of the molecule is CCN(CC(F)(F)F)c1ccnc(N)c1. The largest absolute Gasteiger partial charge is 0.405 e. The smallest absolute Gasteiger partial charge is 0.384 e. The van der Waals surface area contributed by atoms with E-state index in [1.54, 1.807) is 6.92 Å². The minimum Gasteiger partial charge on any atom is -0.384 e. The van der Waals surface area contributed by atoms with Crippen LogP contribution in [0.5, 0.6) is 0 Å². The summed E-state index contributed by atoms with van der Waals surface area (Å²) in [5.41, 5.74) is 5.83. The summed E-state index contributed by atoms with van der Waals surface area (Å²) in [6.45, 7) is 0.943. The minimum absolute atomic E-state index is 0.216. The van der Waals surface area contributed by atoms with Crippen molar-refractivity contribution in [3.8, 4) is 0 Å². The van der Waals surface area contributed by atoms with Gasteiger partial charge in [0.1, 0.15) is 12.4 Å². The number of alkyl halides is 3. The first kappa shape index (κ1) is 11.6. The van der Waals surface area contributed by atoms with Crippen molar-refractivity contribution in [3.63, 3.8) is 0 Å². The Hall–Kier alpha value is -1.46. The zero-order chi connectivity index (χ0) is 11.5. The van der Waals surface area contributed by atoms with Crippen molar-refractivity contribution < 1.29 is 13.2 Å². The molecule has 0 radical (unpaired) electrons. The fraction of sp³-hybridized carbons (Fsp3) is 0.444. The number of pyridine rings is 1. The standard InChI is InChI=1S/C9H12F3N3/c1-2-15(6-9(10,11)12)7-3-4-14-8(13)5-7/h3-5H,2,6H2,1H3,(H2,13,14). The third kappa shape index (κ3) is 3.65. The summed E-state index contributed by atoms with van der Waals surface area (Å²) in [7, 11) is 0. The Labute approximate surface area is 85.7 Å². The van der Waals surface area contributed by atoms with Crippen LogP contribution >= 0.6 is 0 Å². The Bertz CT molecular complexity index is 325. The number of nitrogen functional groups attached to an aromatic ring is 1. The monoisotopic (exact) mass is 219 g/mol. The van der Waals surface area contributed by atoms with E-state index in [0.29, 0.717) is 5.69 Å². The maximum atomic E-state index is 12.2. The quantitative estimate of drug-likeness (QED) is 0.846. The zero-order valence-electron chi connectivity index (χ0n) is 8.25. The maximum absolute atomic E-state index is 12.2. The van der Waals surface area contributed by atoms with Crippen LogP contribution in [-0.4, -0.2) is 24.2 Å². The molecule has 1 aromatic heterocycles. The van der Waals surface area contributed by atoms with Gasteiger partial charge < -0.3 is 10.6 Å². The number of anilines is 2. The topological polar surface area (TPSA) is 42.2 Å². The van der Waals surface area contributed by atoms with Crippen molar-refractivity contribution in [2.45, 2.75) is 13.1 Å². The highest BCUT2D eigenvalue weighted by Gasteiger charge is 2.30. The number of nitrogens with two attached hydrogens (primary N) is 1. The number of halogens is 3. The lowest BCUT2D eigenvalue weighted by molar-refractivity contribution is -0.119. The summed E-state index contributed by atoms with van der Waals surface area (Å²) in [4.78, 5) is 4.92. The lowest BCUT2D eigenvalue weighted by Crippen LogP contribution is -2.34. The molecule has 0 saturated carbocycles. The van der Waals surface area contributed by atoms with Gasteiger partial charge in [0.15, 0.2) is 0 Å². The van der Waals surface area contributed by atoms with Crippen molar-refractivity contribution in [1.82, 2.24) is 4.98 Å². The molecule has 0 aliphatic heterocycles. The zero-order valence-corrected chi connectivity index (χ0v) is 8.25. The van der Waals surface area contributed by atoms with Gasteiger partial charge in [0.05, 0.1) is 0 Å². The second-order valence-electron chi connectivity index (χ2n) is 3.07. The van der Waals surface area contributed by atoms with Crippen LogP contribution in [0.4, 0.5) is 24.7 Å². The first-order valence-corrected chi connectivity index (χ1v) is 4.45.